The molecule has 1 atom stereocenters. The Morgan fingerprint density at radius 3 is 1.92 bits per heavy atom. The fourth-order valence-corrected chi connectivity index (χ4v) is 3.97. The first-order valence-electron chi connectivity index (χ1n) is 9.01. The molecule has 0 amide bonds. The van der Waals surface area contributed by atoms with Gasteiger partial charge in [-0.1, -0.05) is 6.92 Å². The Kier molecular flexibility index (Phi) is 6.02. The van der Waals surface area contributed by atoms with Crippen LogP contribution in [0.25, 0.3) is 0 Å². The SMILES string of the molecule is CCC(C)(CC(C)(C)C(=O)OC1CC(C)(C)N(O)C(C)(C)C1)C(=O)O. The van der Waals surface area contributed by atoms with Crippen LogP contribution in [0, 0.1) is 10.8 Å². The first-order valence-corrected chi connectivity index (χ1v) is 9.01. The summed E-state index contributed by atoms with van der Waals surface area (Å²) in [5.41, 5.74) is -2.87. The first kappa shape index (κ1) is 21.9. The van der Waals surface area contributed by atoms with Gasteiger partial charge in [-0.15, -0.1) is 0 Å². The molecule has 0 bridgehead atoms. The number of carboxylic acids is 1. The fourth-order valence-electron chi connectivity index (χ4n) is 3.97. The van der Waals surface area contributed by atoms with Gasteiger partial charge in [-0.2, -0.15) is 5.06 Å². The number of carbonyl (C=O) groups excluding carboxylic acids is 1. The number of carboxylic acid groups (broad SMARTS) is 1. The van der Waals surface area contributed by atoms with Crippen molar-refractivity contribution in [2.75, 3.05) is 0 Å². The highest BCUT2D eigenvalue weighted by molar-refractivity contribution is 5.79. The van der Waals surface area contributed by atoms with Crippen LogP contribution in [0.2, 0.25) is 0 Å². The summed E-state index contributed by atoms with van der Waals surface area (Å²) in [6, 6.07) is 0. The van der Waals surface area contributed by atoms with Crippen LogP contribution < -0.4 is 0 Å². The van der Waals surface area contributed by atoms with Crippen LogP contribution in [0.4, 0.5) is 0 Å². The first-order chi connectivity index (χ1) is 11.1. The Balaban J connectivity index is 2.89. The van der Waals surface area contributed by atoms with E-state index in [1.165, 1.54) is 5.06 Å². The molecule has 25 heavy (non-hydrogen) atoms. The summed E-state index contributed by atoms with van der Waals surface area (Å²) in [5, 5.41) is 21.2. The van der Waals surface area contributed by atoms with E-state index in [1.807, 2.05) is 34.6 Å². The molecule has 1 saturated heterocycles. The number of aliphatic carboxylic acids is 1. The van der Waals surface area contributed by atoms with E-state index in [4.69, 9.17) is 4.74 Å². The molecule has 1 aliphatic rings. The van der Waals surface area contributed by atoms with Gasteiger partial charge in [0.25, 0.3) is 0 Å². The van der Waals surface area contributed by atoms with E-state index in [1.54, 1.807) is 20.8 Å². The zero-order chi connectivity index (χ0) is 19.8. The molecule has 1 unspecified atom stereocenters. The molecule has 6 heteroatoms. The molecule has 1 aliphatic heterocycles. The second kappa shape index (κ2) is 6.88. The Bertz CT molecular complexity index is 508. The van der Waals surface area contributed by atoms with Crippen molar-refractivity contribution in [3.63, 3.8) is 0 Å². The van der Waals surface area contributed by atoms with Gasteiger partial charge in [-0.25, -0.2) is 0 Å². The summed E-state index contributed by atoms with van der Waals surface area (Å²) >= 11 is 0. The van der Waals surface area contributed by atoms with Crippen molar-refractivity contribution in [2.45, 2.75) is 98.3 Å². The number of nitrogens with zero attached hydrogens (tertiary/aromatic N) is 1. The monoisotopic (exact) mass is 357 g/mol. The smallest absolute Gasteiger partial charge is 0.311 e. The average Bonchev–Trinajstić information content (AvgIpc) is 2.43. The van der Waals surface area contributed by atoms with Crippen LogP contribution >= 0.6 is 0 Å². The molecule has 0 aromatic carbocycles. The molecule has 146 valence electrons. The topological polar surface area (TPSA) is 87.1 Å². The van der Waals surface area contributed by atoms with Crippen LogP contribution in [0.15, 0.2) is 0 Å². The Labute approximate surface area is 151 Å². The quantitative estimate of drug-likeness (QED) is 0.702. The Morgan fingerprint density at radius 1 is 1.12 bits per heavy atom. The maximum atomic E-state index is 12.8. The molecule has 6 nitrogen and oxygen atoms in total. The van der Waals surface area contributed by atoms with E-state index in [-0.39, 0.29) is 18.5 Å². The van der Waals surface area contributed by atoms with E-state index >= 15 is 0 Å². The lowest BCUT2D eigenvalue weighted by Gasteiger charge is -2.51. The lowest BCUT2D eigenvalue weighted by atomic mass is 9.72. The van der Waals surface area contributed by atoms with Gasteiger partial charge in [0, 0.05) is 23.9 Å². The molecule has 0 aromatic heterocycles. The molecule has 0 radical (unpaired) electrons. The van der Waals surface area contributed by atoms with Crippen molar-refractivity contribution >= 4 is 11.9 Å². The molecule has 1 heterocycles. The predicted octanol–water partition coefficient (Wildman–Crippen LogP) is 3.86. The fraction of sp³-hybridized carbons (Fsp3) is 0.895. The number of carbonyl (C=O) groups is 2. The third-order valence-corrected chi connectivity index (χ3v) is 5.56. The zero-order valence-corrected chi connectivity index (χ0v) is 17.0. The van der Waals surface area contributed by atoms with Crippen molar-refractivity contribution < 1.29 is 24.6 Å². The largest absolute Gasteiger partial charge is 0.481 e. The molecular formula is C19H35NO5. The number of piperidine rings is 1. The minimum atomic E-state index is -0.963. The van der Waals surface area contributed by atoms with Crippen molar-refractivity contribution in [1.82, 2.24) is 5.06 Å². The summed E-state index contributed by atoms with van der Waals surface area (Å²) in [5.74, 6) is -1.27. The van der Waals surface area contributed by atoms with Crippen molar-refractivity contribution in [3.05, 3.63) is 0 Å². The zero-order valence-electron chi connectivity index (χ0n) is 17.0. The van der Waals surface area contributed by atoms with Gasteiger partial charge in [-0.05, 0) is 61.3 Å². The standard InChI is InChI=1S/C19H35NO5/c1-9-19(8,14(21)22)12-16(2,3)15(23)25-13-10-17(4,5)20(24)18(6,7)11-13/h13,24H,9-12H2,1-8H3,(H,21,22). The average molecular weight is 357 g/mol. The van der Waals surface area contributed by atoms with E-state index in [0.29, 0.717) is 19.3 Å². The third-order valence-electron chi connectivity index (χ3n) is 5.56. The molecule has 0 aliphatic carbocycles. The third kappa shape index (κ3) is 4.73. The number of ether oxygens (including phenoxy) is 1. The minimum absolute atomic E-state index is 0.219. The normalized spacial score (nSPS) is 23.7. The van der Waals surface area contributed by atoms with Crippen LogP contribution in [0.3, 0.4) is 0 Å². The van der Waals surface area contributed by atoms with Gasteiger partial charge < -0.3 is 15.1 Å². The van der Waals surface area contributed by atoms with Crippen molar-refractivity contribution in [1.29, 1.82) is 0 Å². The maximum absolute atomic E-state index is 12.8. The molecule has 1 rings (SSSR count). The van der Waals surface area contributed by atoms with E-state index in [2.05, 4.69) is 0 Å². The summed E-state index contributed by atoms with van der Waals surface area (Å²) in [4.78, 5) is 24.3. The predicted molar refractivity (Wildman–Crippen MR) is 95.3 cm³/mol. The van der Waals surface area contributed by atoms with Crippen LogP contribution in [0.1, 0.15) is 81.1 Å². The highest BCUT2D eigenvalue weighted by atomic mass is 16.5. The van der Waals surface area contributed by atoms with Gasteiger partial charge in [-0.3, -0.25) is 9.59 Å². The second-order valence-electron chi connectivity index (χ2n) is 9.65. The molecule has 0 saturated carbocycles. The minimum Gasteiger partial charge on any atom is -0.481 e. The highest BCUT2D eigenvalue weighted by Gasteiger charge is 2.48. The summed E-state index contributed by atoms with van der Waals surface area (Å²) in [6.07, 6.45) is 1.41. The lowest BCUT2D eigenvalue weighted by molar-refractivity contribution is -0.260. The van der Waals surface area contributed by atoms with E-state index in [0.717, 1.165) is 0 Å². The molecule has 1 fully saturated rings. The van der Waals surface area contributed by atoms with Crippen LogP contribution in [-0.2, 0) is 14.3 Å². The molecule has 2 N–H and O–H groups in total. The number of rotatable bonds is 6. The second-order valence-corrected chi connectivity index (χ2v) is 9.65. The van der Waals surface area contributed by atoms with Gasteiger partial charge in [0.1, 0.15) is 6.10 Å². The van der Waals surface area contributed by atoms with Gasteiger partial charge in [0.15, 0.2) is 0 Å². The van der Waals surface area contributed by atoms with Gasteiger partial charge in [0.05, 0.1) is 10.8 Å². The van der Waals surface area contributed by atoms with Crippen LogP contribution in [0.5, 0.6) is 0 Å². The number of hydrogen-bond donors (Lipinski definition) is 2. The van der Waals surface area contributed by atoms with E-state index < -0.39 is 27.9 Å². The van der Waals surface area contributed by atoms with Crippen molar-refractivity contribution in [3.8, 4) is 0 Å². The molecule has 0 aromatic rings. The van der Waals surface area contributed by atoms with Crippen LogP contribution in [-0.4, -0.2) is 44.5 Å². The Hall–Kier alpha value is -1.14. The summed E-state index contributed by atoms with van der Waals surface area (Å²) in [6.45, 7) is 14.6. The molecular weight excluding hydrogens is 322 g/mol. The number of hydroxylamine groups is 2. The van der Waals surface area contributed by atoms with Crippen molar-refractivity contribution in [2.24, 2.45) is 10.8 Å². The molecule has 0 spiro atoms. The number of hydrogen-bond acceptors (Lipinski definition) is 5. The highest BCUT2D eigenvalue weighted by Crippen LogP contribution is 2.41. The lowest BCUT2D eigenvalue weighted by Crippen LogP contribution is -2.61. The van der Waals surface area contributed by atoms with Gasteiger partial charge in [0.2, 0.25) is 0 Å². The maximum Gasteiger partial charge on any atom is 0.311 e. The summed E-state index contributed by atoms with van der Waals surface area (Å²) < 4.78 is 5.78. The number of esters is 1. The van der Waals surface area contributed by atoms with Gasteiger partial charge >= 0.3 is 11.9 Å². The Morgan fingerprint density at radius 2 is 1.56 bits per heavy atom. The summed E-state index contributed by atoms with van der Waals surface area (Å²) in [7, 11) is 0. The van der Waals surface area contributed by atoms with E-state index in [9.17, 15) is 19.9 Å².